The van der Waals surface area contributed by atoms with Gasteiger partial charge in [-0.15, -0.1) is 0 Å². The number of rotatable bonds is 1. The van der Waals surface area contributed by atoms with Crippen LogP contribution < -0.4 is 0 Å². The highest BCUT2D eigenvalue weighted by Gasteiger charge is 2.04. The van der Waals surface area contributed by atoms with Crippen LogP contribution in [0.5, 0.6) is 5.75 Å². The Morgan fingerprint density at radius 2 is 1.93 bits per heavy atom. The van der Waals surface area contributed by atoms with Gasteiger partial charge in [-0.3, -0.25) is 0 Å². The molecule has 1 heterocycles. The summed E-state index contributed by atoms with van der Waals surface area (Å²) < 4.78 is 0.512. The van der Waals surface area contributed by atoms with E-state index in [1.165, 1.54) is 0 Å². The lowest BCUT2D eigenvalue weighted by molar-refractivity contribution is 0.477. The van der Waals surface area contributed by atoms with Crippen molar-refractivity contribution in [3.63, 3.8) is 0 Å². The number of phenolic OH excluding ortho intramolecular Hbond substituents is 1. The monoisotopic (exact) mass is 250 g/mol. The van der Waals surface area contributed by atoms with Crippen LogP contribution in [0.3, 0.4) is 0 Å². The van der Waals surface area contributed by atoms with E-state index in [4.69, 9.17) is 0 Å². The van der Waals surface area contributed by atoms with E-state index in [1.807, 2.05) is 12.1 Å². The Bertz CT molecular complexity index is 459. The lowest BCUT2D eigenvalue weighted by Crippen LogP contribution is -1.86. The summed E-state index contributed by atoms with van der Waals surface area (Å²) in [6.45, 7) is 0. The second-order valence-corrected chi connectivity index (χ2v) is 3.44. The van der Waals surface area contributed by atoms with E-state index in [2.05, 4.69) is 25.9 Å². The summed E-state index contributed by atoms with van der Waals surface area (Å²) >= 11 is 3.18. The Hall–Kier alpha value is -1.42. The summed E-state index contributed by atoms with van der Waals surface area (Å²) in [5.41, 5.74) is 1.40. The van der Waals surface area contributed by atoms with Crippen molar-refractivity contribution in [1.82, 2.24) is 9.97 Å². The third-order valence-electron chi connectivity index (χ3n) is 1.81. The second-order valence-electron chi connectivity index (χ2n) is 2.73. The molecule has 1 aromatic heterocycles. The van der Waals surface area contributed by atoms with Crippen molar-refractivity contribution < 1.29 is 5.11 Å². The minimum absolute atomic E-state index is 0.220. The van der Waals surface area contributed by atoms with Crippen LogP contribution in [-0.2, 0) is 0 Å². The summed E-state index contributed by atoms with van der Waals surface area (Å²) in [6.07, 6.45) is 1.64. The first-order chi connectivity index (χ1) is 6.77. The fraction of sp³-hybridized carbons (Fsp3) is 0. The molecule has 0 bridgehead atoms. The smallest absolute Gasteiger partial charge is 0.197 e. The van der Waals surface area contributed by atoms with Gasteiger partial charge >= 0.3 is 0 Å². The van der Waals surface area contributed by atoms with Gasteiger partial charge in [-0.1, -0.05) is 12.1 Å². The molecule has 0 atom stereocenters. The molecule has 0 amide bonds. The molecule has 2 rings (SSSR count). The fourth-order valence-corrected chi connectivity index (χ4v) is 1.48. The number of halogens is 1. The molecule has 0 aliphatic heterocycles. The molecule has 2 aromatic rings. The average Bonchev–Trinajstić information content (AvgIpc) is 2.18. The molecule has 0 spiro atoms. The molecule has 70 valence electrons. The number of aromatic nitrogens is 2. The molecular weight excluding hydrogens is 244 g/mol. The van der Waals surface area contributed by atoms with E-state index in [0.29, 0.717) is 16.0 Å². The minimum atomic E-state index is 0.220. The minimum Gasteiger partial charge on any atom is -0.507 e. The SMILES string of the molecule is Oc1ccccc1-c1ccnc(Br)n1. The first-order valence-electron chi connectivity index (χ1n) is 4.04. The molecule has 3 nitrogen and oxygen atoms in total. The molecule has 0 aliphatic carbocycles. The zero-order valence-electron chi connectivity index (χ0n) is 7.18. The maximum atomic E-state index is 9.58. The van der Waals surface area contributed by atoms with Gasteiger partial charge in [0.15, 0.2) is 4.73 Å². The quantitative estimate of drug-likeness (QED) is 0.792. The Kier molecular flexibility index (Phi) is 2.45. The Labute approximate surface area is 89.6 Å². The van der Waals surface area contributed by atoms with Gasteiger partial charge in [-0.25, -0.2) is 9.97 Å². The second kappa shape index (κ2) is 3.75. The molecule has 1 aromatic carbocycles. The molecule has 0 unspecified atom stereocenters. The number of benzene rings is 1. The third-order valence-corrected chi connectivity index (χ3v) is 2.19. The molecule has 14 heavy (non-hydrogen) atoms. The highest BCUT2D eigenvalue weighted by atomic mass is 79.9. The third kappa shape index (κ3) is 1.75. The maximum absolute atomic E-state index is 9.58. The largest absolute Gasteiger partial charge is 0.507 e. The highest BCUT2D eigenvalue weighted by molar-refractivity contribution is 9.10. The number of hydrogen-bond acceptors (Lipinski definition) is 3. The number of nitrogens with zero attached hydrogens (tertiary/aromatic N) is 2. The van der Waals surface area contributed by atoms with Crippen LogP contribution in [-0.4, -0.2) is 15.1 Å². The zero-order valence-corrected chi connectivity index (χ0v) is 8.77. The van der Waals surface area contributed by atoms with Crippen LogP contribution >= 0.6 is 15.9 Å². The Morgan fingerprint density at radius 1 is 1.14 bits per heavy atom. The van der Waals surface area contributed by atoms with Crippen molar-refractivity contribution >= 4 is 15.9 Å². The van der Waals surface area contributed by atoms with Gasteiger partial charge in [-0.05, 0) is 34.1 Å². The van der Waals surface area contributed by atoms with Gasteiger partial charge in [0.25, 0.3) is 0 Å². The summed E-state index contributed by atoms with van der Waals surface area (Å²) in [5.74, 6) is 0.220. The van der Waals surface area contributed by atoms with Crippen molar-refractivity contribution in [3.8, 4) is 17.0 Å². The number of hydrogen-bond donors (Lipinski definition) is 1. The van der Waals surface area contributed by atoms with Gasteiger partial charge in [-0.2, -0.15) is 0 Å². The molecule has 0 fully saturated rings. The molecule has 0 saturated heterocycles. The van der Waals surface area contributed by atoms with Gasteiger partial charge in [0, 0.05) is 11.8 Å². The lowest BCUT2D eigenvalue weighted by Gasteiger charge is -2.02. The first-order valence-corrected chi connectivity index (χ1v) is 4.83. The van der Waals surface area contributed by atoms with Crippen molar-refractivity contribution in [2.24, 2.45) is 0 Å². The van der Waals surface area contributed by atoms with E-state index >= 15 is 0 Å². The highest BCUT2D eigenvalue weighted by Crippen LogP contribution is 2.26. The van der Waals surface area contributed by atoms with E-state index < -0.39 is 0 Å². The van der Waals surface area contributed by atoms with Crippen molar-refractivity contribution in [2.45, 2.75) is 0 Å². The predicted molar refractivity (Wildman–Crippen MR) is 56.8 cm³/mol. The van der Waals surface area contributed by atoms with E-state index in [-0.39, 0.29) is 5.75 Å². The van der Waals surface area contributed by atoms with E-state index in [1.54, 1.807) is 24.4 Å². The standard InChI is InChI=1S/C10H7BrN2O/c11-10-12-6-5-8(13-10)7-3-1-2-4-9(7)14/h1-6,14H. The normalized spacial score (nSPS) is 10.1. The maximum Gasteiger partial charge on any atom is 0.197 e. The predicted octanol–water partition coefficient (Wildman–Crippen LogP) is 2.61. The van der Waals surface area contributed by atoms with Crippen molar-refractivity contribution in [3.05, 3.63) is 41.3 Å². The number of phenols is 1. The van der Waals surface area contributed by atoms with Crippen LogP contribution in [0.2, 0.25) is 0 Å². The fourth-order valence-electron chi connectivity index (χ4n) is 1.18. The van der Waals surface area contributed by atoms with Crippen LogP contribution in [0.25, 0.3) is 11.3 Å². The summed E-state index contributed by atoms with van der Waals surface area (Å²) in [7, 11) is 0. The van der Waals surface area contributed by atoms with E-state index in [9.17, 15) is 5.11 Å². The van der Waals surface area contributed by atoms with Crippen LogP contribution in [0.1, 0.15) is 0 Å². The van der Waals surface area contributed by atoms with Crippen LogP contribution in [0, 0.1) is 0 Å². The Balaban J connectivity index is 2.55. The Morgan fingerprint density at radius 3 is 2.64 bits per heavy atom. The number of para-hydroxylation sites is 1. The summed E-state index contributed by atoms with van der Waals surface area (Å²) in [4.78, 5) is 8.07. The van der Waals surface area contributed by atoms with Gasteiger partial charge < -0.3 is 5.11 Å². The van der Waals surface area contributed by atoms with Gasteiger partial charge in [0.1, 0.15) is 5.75 Å². The van der Waals surface area contributed by atoms with Crippen molar-refractivity contribution in [2.75, 3.05) is 0 Å². The molecule has 1 N–H and O–H groups in total. The van der Waals surface area contributed by atoms with Gasteiger partial charge in [0.2, 0.25) is 0 Å². The summed E-state index contributed by atoms with van der Waals surface area (Å²) in [6, 6.07) is 8.81. The molecular formula is C10H7BrN2O. The van der Waals surface area contributed by atoms with Gasteiger partial charge in [0.05, 0.1) is 5.69 Å². The van der Waals surface area contributed by atoms with Crippen molar-refractivity contribution in [1.29, 1.82) is 0 Å². The van der Waals surface area contributed by atoms with E-state index in [0.717, 1.165) is 0 Å². The molecule has 4 heteroatoms. The topological polar surface area (TPSA) is 46.0 Å². The number of aromatic hydroxyl groups is 1. The average molecular weight is 251 g/mol. The molecule has 0 radical (unpaired) electrons. The summed E-state index contributed by atoms with van der Waals surface area (Å²) in [5, 5.41) is 9.58. The lowest BCUT2D eigenvalue weighted by atomic mass is 10.1. The van der Waals surface area contributed by atoms with Crippen LogP contribution in [0.15, 0.2) is 41.3 Å². The zero-order chi connectivity index (χ0) is 9.97. The molecule has 0 aliphatic rings. The first kappa shape index (κ1) is 9.15. The molecule has 0 saturated carbocycles. The van der Waals surface area contributed by atoms with Crippen LogP contribution in [0.4, 0.5) is 0 Å².